The Labute approximate surface area is 164 Å². The lowest BCUT2D eigenvalue weighted by Crippen LogP contribution is -2.42. The highest BCUT2D eigenvalue weighted by molar-refractivity contribution is 5.79. The van der Waals surface area contributed by atoms with Crippen LogP contribution in [0.2, 0.25) is 0 Å². The monoisotopic (exact) mass is 372 g/mol. The lowest BCUT2D eigenvalue weighted by Gasteiger charge is -2.29. The Hall–Kier alpha value is -1.59. The first-order chi connectivity index (χ1) is 13.2. The number of hydrogen-bond acceptors (Lipinski definition) is 3. The Kier molecular flexibility index (Phi) is 7.53. The van der Waals surface area contributed by atoms with Gasteiger partial charge in [-0.2, -0.15) is 0 Å². The lowest BCUT2D eigenvalue weighted by molar-refractivity contribution is 0.181. The number of benzene rings is 1. The average molecular weight is 373 g/mol. The van der Waals surface area contributed by atoms with Crippen LogP contribution in [-0.4, -0.2) is 68.7 Å². The van der Waals surface area contributed by atoms with E-state index in [0.717, 1.165) is 45.2 Å². The molecule has 2 aliphatic rings. The summed E-state index contributed by atoms with van der Waals surface area (Å²) in [5.41, 5.74) is 2.70. The second-order valence-electron chi connectivity index (χ2n) is 7.97. The molecule has 5 nitrogen and oxygen atoms in total. The van der Waals surface area contributed by atoms with E-state index in [2.05, 4.69) is 60.3 Å². The largest absolute Gasteiger partial charge is 0.381 e. The fraction of sp³-hybridized carbons (Fsp3) is 0.682. The first-order valence-electron chi connectivity index (χ1n) is 10.5. The molecule has 3 rings (SSSR count). The molecule has 0 aromatic heterocycles. The Morgan fingerprint density at radius 1 is 1.30 bits per heavy atom. The van der Waals surface area contributed by atoms with Gasteiger partial charge in [-0.15, -0.1) is 0 Å². The van der Waals surface area contributed by atoms with Gasteiger partial charge in [0.25, 0.3) is 0 Å². The summed E-state index contributed by atoms with van der Waals surface area (Å²) in [6.45, 7) is 11.1. The maximum atomic E-state index is 5.54. The van der Waals surface area contributed by atoms with Crippen LogP contribution in [0.15, 0.2) is 29.3 Å². The molecule has 2 unspecified atom stereocenters. The molecule has 1 N–H and O–H groups in total. The third kappa shape index (κ3) is 5.69. The molecule has 0 saturated carbocycles. The summed E-state index contributed by atoms with van der Waals surface area (Å²) >= 11 is 0. The van der Waals surface area contributed by atoms with Gasteiger partial charge in [0.1, 0.15) is 0 Å². The van der Waals surface area contributed by atoms with E-state index in [1.165, 1.54) is 37.1 Å². The number of hydrogen-bond donors (Lipinski definition) is 1. The van der Waals surface area contributed by atoms with Gasteiger partial charge in [-0.3, -0.25) is 9.89 Å². The number of guanidine groups is 1. The number of aryl methyl sites for hydroxylation is 1. The van der Waals surface area contributed by atoms with Crippen LogP contribution in [0, 0.1) is 12.8 Å². The number of nitrogens with one attached hydrogen (secondary N) is 1. The number of rotatable bonds is 7. The van der Waals surface area contributed by atoms with Crippen LogP contribution in [0.1, 0.15) is 43.4 Å². The molecule has 2 fully saturated rings. The second-order valence-corrected chi connectivity index (χ2v) is 7.97. The Morgan fingerprint density at radius 2 is 2.04 bits per heavy atom. The molecule has 150 valence electrons. The van der Waals surface area contributed by atoms with Gasteiger partial charge in [-0.1, -0.05) is 29.8 Å². The van der Waals surface area contributed by atoms with Crippen molar-refractivity contribution in [2.24, 2.45) is 10.9 Å². The Balaban J connectivity index is 1.71. The fourth-order valence-electron chi connectivity index (χ4n) is 4.12. The van der Waals surface area contributed by atoms with E-state index in [9.17, 15) is 0 Å². The van der Waals surface area contributed by atoms with E-state index in [4.69, 9.17) is 9.73 Å². The van der Waals surface area contributed by atoms with Crippen molar-refractivity contribution in [2.45, 2.75) is 39.2 Å². The van der Waals surface area contributed by atoms with Gasteiger partial charge in [0.05, 0.1) is 19.2 Å². The molecule has 2 atom stereocenters. The summed E-state index contributed by atoms with van der Waals surface area (Å²) in [6, 6.07) is 9.37. The van der Waals surface area contributed by atoms with Crippen molar-refractivity contribution in [1.29, 1.82) is 0 Å². The average Bonchev–Trinajstić information content (AvgIpc) is 3.36. The van der Waals surface area contributed by atoms with Crippen molar-refractivity contribution in [3.63, 3.8) is 0 Å². The minimum atomic E-state index is 0.366. The highest BCUT2D eigenvalue weighted by atomic mass is 16.5. The van der Waals surface area contributed by atoms with Crippen molar-refractivity contribution < 1.29 is 4.74 Å². The quantitative estimate of drug-likeness (QED) is 0.590. The van der Waals surface area contributed by atoms with E-state index in [1.807, 2.05) is 0 Å². The van der Waals surface area contributed by atoms with Crippen molar-refractivity contribution in [3.05, 3.63) is 35.4 Å². The number of ether oxygens (including phenoxy) is 1. The summed E-state index contributed by atoms with van der Waals surface area (Å²) in [4.78, 5) is 9.92. The molecule has 0 aliphatic carbocycles. The first-order valence-corrected chi connectivity index (χ1v) is 10.5. The molecule has 5 heteroatoms. The molecule has 2 saturated heterocycles. The molecule has 2 heterocycles. The van der Waals surface area contributed by atoms with Crippen LogP contribution in [0.25, 0.3) is 0 Å². The van der Waals surface area contributed by atoms with Crippen molar-refractivity contribution in [3.8, 4) is 0 Å². The molecule has 1 aromatic rings. The van der Waals surface area contributed by atoms with Gasteiger partial charge >= 0.3 is 0 Å². The summed E-state index contributed by atoms with van der Waals surface area (Å²) in [5, 5.41) is 3.48. The topological polar surface area (TPSA) is 40.1 Å². The van der Waals surface area contributed by atoms with Crippen molar-refractivity contribution >= 4 is 5.96 Å². The summed E-state index contributed by atoms with van der Waals surface area (Å²) in [5.74, 6) is 1.63. The van der Waals surface area contributed by atoms with Crippen LogP contribution in [0.4, 0.5) is 0 Å². The normalized spacial score (nSPS) is 22.2. The molecular weight excluding hydrogens is 336 g/mol. The third-order valence-electron chi connectivity index (χ3n) is 5.71. The van der Waals surface area contributed by atoms with Crippen molar-refractivity contribution in [1.82, 2.24) is 15.1 Å². The smallest absolute Gasteiger partial charge is 0.193 e. The Morgan fingerprint density at radius 3 is 2.67 bits per heavy atom. The second kappa shape index (κ2) is 10.1. The highest BCUT2D eigenvalue weighted by Gasteiger charge is 2.24. The van der Waals surface area contributed by atoms with E-state index >= 15 is 0 Å². The van der Waals surface area contributed by atoms with Gasteiger partial charge in [0, 0.05) is 32.7 Å². The minimum absolute atomic E-state index is 0.366. The van der Waals surface area contributed by atoms with E-state index < -0.39 is 0 Å². The molecule has 0 bridgehead atoms. The zero-order chi connectivity index (χ0) is 19.1. The van der Waals surface area contributed by atoms with E-state index in [0.29, 0.717) is 12.0 Å². The predicted octanol–water partition coefficient (Wildman–Crippen LogP) is 3.07. The van der Waals surface area contributed by atoms with Gasteiger partial charge in [-0.25, -0.2) is 0 Å². The van der Waals surface area contributed by atoms with Crippen LogP contribution >= 0.6 is 0 Å². The minimum Gasteiger partial charge on any atom is -0.381 e. The number of nitrogens with zero attached hydrogens (tertiary/aromatic N) is 3. The Bertz CT molecular complexity index is 589. The maximum Gasteiger partial charge on any atom is 0.193 e. The van der Waals surface area contributed by atoms with Crippen LogP contribution < -0.4 is 5.32 Å². The van der Waals surface area contributed by atoms with Crippen molar-refractivity contribution in [2.75, 3.05) is 53.0 Å². The predicted molar refractivity (Wildman–Crippen MR) is 112 cm³/mol. The molecule has 0 spiro atoms. The zero-order valence-corrected chi connectivity index (χ0v) is 17.3. The maximum absolute atomic E-state index is 5.54. The fourth-order valence-corrected chi connectivity index (χ4v) is 4.12. The highest BCUT2D eigenvalue weighted by Crippen LogP contribution is 2.26. The van der Waals surface area contributed by atoms with Crippen LogP contribution in [0.3, 0.4) is 0 Å². The first kappa shape index (κ1) is 20.2. The molecule has 1 aromatic carbocycles. The third-order valence-corrected chi connectivity index (χ3v) is 5.71. The van der Waals surface area contributed by atoms with Gasteiger partial charge < -0.3 is 15.0 Å². The summed E-state index contributed by atoms with van der Waals surface area (Å²) in [7, 11) is 2.15. The zero-order valence-electron chi connectivity index (χ0n) is 17.3. The van der Waals surface area contributed by atoms with Gasteiger partial charge in [0.2, 0.25) is 0 Å². The number of likely N-dealkylation sites (tertiary alicyclic amines) is 1. The van der Waals surface area contributed by atoms with Crippen LogP contribution in [-0.2, 0) is 4.74 Å². The van der Waals surface area contributed by atoms with E-state index in [1.54, 1.807) is 0 Å². The summed E-state index contributed by atoms with van der Waals surface area (Å²) in [6.07, 6.45) is 3.75. The van der Waals surface area contributed by atoms with Crippen LogP contribution in [0.5, 0.6) is 0 Å². The van der Waals surface area contributed by atoms with Gasteiger partial charge in [0.15, 0.2) is 5.96 Å². The molecule has 0 amide bonds. The van der Waals surface area contributed by atoms with E-state index in [-0.39, 0.29) is 0 Å². The molecule has 27 heavy (non-hydrogen) atoms. The number of aliphatic imine (C=N–C) groups is 1. The lowest BCUT2D eigenvalue weighted by atomic mass is 10.0. The molecule has 0 radical (unpaired) electrons. The molecule has 2 aliphatic heterocycles. The molecular formula is C22H36N4O. The SMILES string of the molecule is CCNC(=NCC(c1ccc(C)cc1)N1CCCC1)N(C)CC1CCOC1. The van der Waals surface area contributed by atoms with Gasteiger partial charge in [-0.05, 0) is 51.8 Å². The summed E-state index contributed by atoms with van der Waals surface area (Å²) < 4.78 is 5.54. The standard InChI is InChI=1S/C22H36N4O/c1-4-23-22(25(3)16-19-11-14-27-17-19)24-15-21(26-12-5-6-13-26)20-9-7-18(2)8-10-20/h7-10,19,21H,4-6,11-17H2,1-3H3,(H,23,24).